The summed E-state index contributed by atoms with van der Waals surface area (Å²) in [5.41, 5.74) is -5.46. The van der Waals surface area contributed by atoms with E-state index < -0.39 is 39.0 Å². The zero-order valence-electron chi connectivity index (χ0n) is 13.0. The molecule has 1 unspecified atom stereocenters. The number of aliphatic carboxylic acids is 1. The molecule has 2 aromatic carbocycles. The van der Waals surface area contributed by atoms with Crippen molar-refractivity contribution in [1.29, 1.82) is 0 Å². The number of hydrogen-bond donors (Lipinski definition) is 2. The summed E-state index contributed by atoms with van der Waals surface area (Å²) >= 11 is 0. The van der Waals surface area contributed by atoms with Crippen molar-refractivity contribution in [1.82, 2.24) is 0 Å². The van der Waals surface area contributed by atoms with Gasteiger partial charge in [0.05, 0.1) is 0 Å². The molecule has 25 heavy (non-hydrogen) atoms. The fourth-order valence-electron chi connectivity index (χ4n) is 2.35. The van der Waals surface area contributed by atoms with Crippen LogP contribution in [0.15, 0.2) is 24.3 Å². The Labute approximate surface area is 140 Å². The lowest BCUT2D eigenvalue weighted by molar-refractivity contribution is -0.147. The molecule has 2 rings (SSSR count). The molecule has 0 bridgehead atoms. The molecule has 0 amide bonds. The smallest absolute Gasteiger partial charge is 0.479 e. The van der Waals surface area contributed by atoms with Crippen molar-refractivity contribution in [3.63, 3.8) is 0 Å². The summed E-state index contributed by atoms with van der Waals surface area (Å²) < 4.78 is 65.1. The molecular weight excluding hydrogens is 365 g/mol. The third-order valence-corrected chi connectivity index (χ3v) is 4.43. The summed E-state index contributed by atoms with van der Waals surface area (Å²) in [6.45, 7) is 3.04. The number of carbonyl (C=O) groups is 1. The van der Waals surface area contributed by atoms with E-state index in [9.17, 15) is 31.5 Å². The molecule has 0 heterocycles. The summed E-state index contributed by atoms with van der Waals surface area (Å²) in [6.07, 6.45) is -2.26. The summed E-state index contributed by atoms with van der Waals surface area (Å²) in [4.78, 5) is 11.1. The molecule has 0 radical (unpaired) electrons. The Morgan fingerprint density at radius 3 is 2.32 bits per heavy atom. The van der Waals surface area contributed by atoms with Crippen molar-refractivity contribution in [2.24, 2.45) is 0 Å². The summed E-state index contributed by atoms with van der Waals surface area (Å²) in [7, 11) is -6.05. The monoisotopic (exact) mass is 378 g/mol. The first-order valence-electron chi connectivity index (χ1n) is 6.80. The highest BCUT2D eigenvalue weighted by Crippen LogP contribution is 2.39. The molecule has 0 saturated heterocycles. The number of aliphatic hydroxyl groups excluding tert-OH is 1. The fraction of sp³-hybridized carbons (Fsp3) is 0.267. The molecule has 0 spiro atoms. The van der Waals surface area contributed by atoms with Crippen LogP contribution in [0.4, 0.5) is 13.2 Å². The highest BCUT2D eigenvalue weighted by atomic mass is 32.2. The number of hydrogen-bond acceptors (Lipinski definition) is 5. The van der Waals surface area contributed by atoms with Gasteiger partial charge in [0.15, 0.2) is 11.9 Å². The molecule has 6 nitrogen and oxygen atoms in total. The molecule has 1 atom stereocenters. The minimum absolute atomic E-state index is 0.0698. The lowest BCUT2D eigenvalue weighted by atomic mass is 9.95. The highest BCUT2D eigenvalue weighted by Gasteiger charge is 2.49. The molecule has 0 saturated carbocycles. The number of fused-ring (bicyclic) bond motifs is 1. The Morgan fingerprint density at radius 2 is 1.80 bits per heavy atom. The molecule has 136 valence electrons. The molecule has 2 N–H and O–H groups in total. The second-order valence-electron chi connectivity index (χ2n) is 5.38. The first-order chi connectivity index (χ1) is 11.3. The minimum atomic E-state index is -6.05. The quantitative estimate of drug-likeness (QED) is 0.627. The van der Waals surface area contributed by atoms with E-state index in [4.69, 9.17) is 5.11 Å². The minimum Gasteiger partial charge on any atom is -0.479 e. The lowest BCUT2D eigenvalue weighted by Gasteiger charge is -2.19. The lowest BCUT2D eigenvalue weighted by Crippen LogP contribution is -2.29. The first-order valence-corrected chi connectivity index (χ1v) is 8.21. The van der Waals surface area contributed by atoms with Gasteiger partial charge in [0.25, 0.3) is 0 Å². The largest absolute Gasteiger partial charge is 0.534 e. The predicted molar refractivity (Wildman–Crippen MR) is 81.6 cm³/mol. The van der Waals surface area contributed by atoms with Crippen LogP contribution >= 0.6 is 0 Å². The number of benzene rings is 2. The third kappa shape index (κ3) is 3.54. The van der Waals surface area contributed by atoms with Gasteiger partial charge in [-0.1, -0.05) is 29.8 Å². The van der Waals surface area contributed by atoms with Crippen LogP contribution in [-0.4, -0.2) is 30.1 Å². The van der Waals surface area contributed by atoms with Gasteiger partial charge in [0, 0.05) is 10.9 Å². The predicted octanol–water partition coefficient (Wildman–Crippen LogP) is 2.80. The normalized spacial score (nSPS) is 13.7. The Bertz CT molecular complexity index is 950. The summed E-state index contributed by atoms with van der Waals surface area (Å²) in [6, 6.07) is 5.77. The second kappa shape index (κ2) is 6.19. The maximum absolute atomic E-state index is 12.7. The van der Waals surface area contributed by atoms with Crippen LogP contribution in [0.25, 0.3) is 10.8 Å². The topological polar surface area (TPSA) is 101 Å². The van der Waals surface area contributed by atoms with Crippen molar-refractivity contribution < 1.29 is 40.8 Å². The Balaban J connectivity index is 2.85. The van der Waals surface area contributed by atoms with E-state index in [0.29, 0.717) is 5.39 Å². The van der Waals surface area contributed by atoms with Crippen LogP contribution in [0.5, 0.6) is 5.75 Å². The van der Waals surface area contributed by atoms with Gasteiger partial charge in [-0.2, -0.15) is 21.6 Å². The van der Waals surface area contributed by atoms with Crippen molar-refractivity contribution in [2.75, 3.05) is 0 Å². The zero-order chi connectivity index (χ0) is 19.2. The molecule has 0 aliphatic heterocycles. The van der Waals surface area contributed by atoms with Crippen LogP contribution in [0.3, 0.4) is 0 Å². The van der Waals surface area contributed by atoms with Crippen LogP contribution < -0.4 is 4.18 Å². The van der Waals surface area contributed by atoms with Crippen LogP contribution in [0.1, 0.15) is 22.8 Å². The van der Waals surface area contributed by atoms with Gasteiger partial charge in [-0.25, -0.2) is 4.79 Å². The molecule has 10 heteroatoms. The number of halogens is 3. The highest BCUT2D eigenvalue weighted by molar-refractivity contribution is 7.88. The first kappa shape index (κ1) is 19.0. The van der Waals surface area contributed by atoms with Crippen molar-refractivity contribution in [3.8, 4) is 5.75 Å². The van der Waals surface area contributed by atoms with Gasteiger partial charge >= 0.3 is 21.6 Å². The summed E-state index contributed by atoms with van der Waals surface area (Å²) in [5.74, 6) is -2.62. The number of aliphatic hydroxyl groups is 1. The third-order valence-electron chi connectivity index (χ3n) is 3.48. The SMILES string of the molecule is Cc1ccc2c(OS(=O)(=O)C(F)(F)F)c(C(O)C(=O)O)c(C)cc2c1. The van der Waals surface area contributed by atoms with E-state index in [0.717, 1.165) is 5.56 Å². The van der Waals surface area contributed by atoms with Crippen molar-refractivity contribution in [3.05, 3.63) is 41.0 Å². The van der Waals surface area contributed by atoms with Gasteiger partial charge in [-0.05, 0) is 24.8 Å². The number of alkyl halides is 3. The molecule has 0 aliphatic carbocycles. The van der Waals surface area contributed by atoms with Crippen LogP contribution in [-0.2, 0) is 14.9 Å². The molecule has 0 aliphatic rings. The van der Waals surface area contributed by atoms with Crippen LogP contribution in [0, 0.1) is 13.8 Å². The van der Waals surface area contributed by atoms with E-state index in [-0.39, 0.29) is 10.9 Å². The maximum Gasteiger partial charge on any atom is 0.534 e. The van der Waals surface area contributed by atoms with Gasteiger partial charge in [0.2, 0.25) is 0 Å². The molecule has 2 aromatic rings. The van der Waals surface area contributed by atoms with Crippen LogP contribution in [0.2, 0.25) is 0 Å². The van der Waals surface area contributed by atoms with Crippen molar-refractivity contribution in [2.45, 2.75) is 25.5 Å². The van der Waals surface area contributed by atoms with Gasteiger partial charge in [-0.15, -0.1) is 0 Å². The van der Waals surface area contributed by atoms with E-state index in [1.54, 1.807) is 13.0 Å². The van der Waals surface area contributed by atoms with Gasteiger partial charge in [0.1, 0.15) is 0 Å². The number of aryl methyl sites for hydroxylation is 2. The second-order valence-corrected chi connectivity index (χ2v) is 6.92. The standard InChI is InChI=1S/C15H13F3O6S/c1-7-3-4-10-9(5-7)6-8(2)11(12(19)14(20)21)13(10)24-25(22,23)15(16,17)18/h3-6,12,19H,1-2H3,(H,20,21). The number of carboxylic acids is 1. The van der Waals surface area contributed by atoms with E-state index >= 15 is 0 Å². The number of carboxylic acid groups (broad SMARTS) is 1. The summed E-state index contributed by atoms with van der Waals surface area (Å²) in [5, 5.41) is 19.1. The number of rotatable bonds is 4. The van der Waals surface area contributed by atoms with Gasteiger partial charge in [-0.3, -0.25) is 0 Å². The molecular formula is C15H13F3O6S. The molecule has 0 aromatic heterocycles. The van der Waals surface area contributed by atoms with E-state index in [2.05, 4.69) is 4.18 Å². The van der Waals surface area contributed by atoms with E-state index in [1.807, 2.05) is 0 Å². The average molecular weight is 378 g/mol. The molecule has 0 fully saturated rings. The Kier molecular flexibility index (Phi) is 4.71. The Morgan fingerprint density at radius 1 is 1.20 bits per heavy atom. The van der Waals surface area contributed by atoms with E-state index in [1.165, 1.54) is 25.1 Å². The van der Waals surface area contributed by atoms with Crippen molar-refractivity contribution >= 4 is 26.9 Å². The average Bonchev–Trinajstić information content (AvgIpc) is 2.44. The van der Waals surface area contributed by atoms with Gasteiger partial charge < -0.3 is 14.4 Å². The Hall–Kier alpha value is -2.33. The maximum atomic E-state index is 12.7. The fourth-order valence-corrected chi connectivity index (χ4v) is 2.85. The zero-order valence-corrected chi connectivity index (χ0v) is 13.8.